The zero-order valence-corrected chi connectivity index (χ0v) is 50.3. The molecule has 1 rings (SSSR count). The van der Waals surface area contributed by atoms with Gasteiger partial charge in [0.25, 0.3) is 0 Å². The molecule has 0 fully saturated rings. The summed E-state index contributed by atoms with van der Waals surface area (Å²) in [5, 5.41) is 19.3. The number of aromatic nitrogens is 3. The molecule has 17 heteroatoms. The van der Waals surface area contributed by atoms with Gasteiger partial charge >= 0.3 is 23.9 Å². The van der Waals surface area contributed by atoms with Crippen LogP contribution in [0.4, 0.5) is 17.8 Å². The molecule has 78 heavy (non-hydrogen) atoms. The third-order valence-corrected chi connectivity index (χ3v) is 13.9. The quantitative estimate of drug-likeness (QED) is 0.0272. The van der Waals surface area contributed by atoms with E-state index in [1.165, 1.54) is 128 Å². The second kappa shape index (κ2) is 55.1. The highest BCUT2D eigenvalue weighted by Gasteiger charge is 2.16. The summed E-state index contributed by atoms with van der Waals surface area (Å²) in [6, 6.07) is 0. The Morgan fingerprint density at radius 2 is 0.577 bits per heavy atom. The lowest BCUT2D eigenvalue weighted by molar-refractivity contribution is -0.146. The van der Waals surface area contributed by atoms with Gasteiger partial charge in [-0.15, -0.1) is 0 Å². The number of carbonyl (C=O) groups is 4. The molecule has 1 heterocycles. The predicted octanol–water partition coefficient (Wildman–Crippen LogP) is 13.0. The van der Waals surface area contributed by atoms with Gasteiger partial charge in [-0.1, -0.05) is 182 Å². The van der Waals surface area contributed by atoms with Gasteiger partial charge in [0.1, 0.15) is 0 Å². The molecule has 1 aromatic rings. The Hall–Kier alpha value is -3.83. The Morgan fingerprint density at radius 3 is 0.833 bits per heavy atom. The van der Waals surface area contributed by atoms with Crippen molar-refractivity contribution < 1.29 is 43.2 Å². The van der Waals surface area contributed by atoms with Gasteiger partial charge in [-0.05, 0) is 64.5 Å². The highest BCUT2D eigenvalue weighted by Crippen LogP contribution is 2.14. The molecule has 0 spiro atoms. The van der Waals surface area contributed by atoms with Crippen molar-refractivity contribution in [3.63, 3.8) is 0 Å². The number of carbonyl (C=O) groups excluding carboxylic acids is 4. The molecule has 4 N–H and O–H groups in total. The zero-order chi connectivity index (χ0) is 56.6. The number of hydrogen-bond donors (Lipinski definition) is 4. The number of unbranched alkanes of at least 4 members (excludes halogenated alkanes) is 25. The first-order chi connectivity index (χ1) is 38.2. The van der Waals surface area contributed by atoms with Crippen molar-refractivity contribution in [3.8, 4) is 0 Å². The SMILES string of the molecule is CCCCCCCCCOC(=O)CCN(CCCNc1nc(NCCCCO)nc(NCCCN(CCC(=O)OCCCCCCCCC)CCC(=O)OCCCCCCCCC)n1)CCC(=O)OCCCCCCCCC. The Labute approximate surface area is 474 Å². The summed E-state index contributed by atoms with van der Waals surface area (Å²) >= 11 is 0. The highest BCUT2D eigenvalue weighted by atomic mass is 16.5. The normalized spacial score (nSPS) is 11.3. The summed E-state index contributed by atoms with van der Waals surface area (Å²) in [4.78, 5) is 69.4. The van der Waals surface area contributed by atoms with Crippen LogP contribution in [0.15, 0.2) is 0 Å². The van der Waals surface area contributed by atoms with E-state index in [4.69, 9.17) is 23.9 Å². The smallest absolute Gasteiger partial charge is 0.307 e. The van der Waals surface area contributed by atoms with E-state index >= 15 is 0 Å². The van der Waals surface area contributed by atoms with Crippen LogP contribution >= 0.6 is 0 Å². The Morgan fingerprint density at radius 1 is 0.333 bits per heavy atom. The standard InChI is InChI=1S/C61H116N8O9/c1-5-9-13-17-21-25-31-51-75-55(71)37-46-68(47-38-56(72)76-52-32-26-22-18-14-10-6-2)44-35-42-63-60-65-59(62-41-29-30-50-70)66-61(67-60)64-43-36-45-69(48-39-57(73)77-53-33-27-23-19-15-11-7-3)49-40-58(74)78-54-34-28-24-20-16-12-8-4/h70H,5-54H2,1-4H3,(H3,62,63,64,65,66,67). The summed E-state index contributed by atoms with van der Waals surface area (Å²) < 4.78 is 22.4. The van der Waals surface area contributed by atoms with E-state index in [2.05, 4.69) is 63.4 Å². The number of ether oxygens (including phenoxy) is 4. The van der Waals surface area contributed by atoms with Crippen LogP contribution in [0.25, 0.3) is 0 Å². The van der Waals surface area contributed by atoms with E-state index in [0.717, 1.165) is 57.8 Å². The number of anilines is 3. The first-order valence-corrected chi connectivity index (χ1v) is 31.9. The number of rotatable bonds is 59. The van der Waals surface area contributed by atoms with Crippen molar-refractivity contribution in [1.82, 2.24) is 24.8 Å². The maximum atomic E-state index is 12.8. The molecule has 0 saturated heterocycles. The Bertz CT molecular complexity index is 1390. The van der Waals surface area contributed by atoms with Crippen molar-refractivity contribution in [2.24, 2.45) is 0 Å². The fraction of sp³-hybridized carbons (Fsp3) is 0.885. The van der Waals surface area contributed by atoms with E-state index in [1.807, 2.05) is 0 Å². The first kappa shape index (κ1) is 72.2. The number of nitrogens with one attached hydrogen (secondary N) is 3. The maximum Gasteiger partial charge on any atom is 0.307 e. The van der Waals surface area contributed by atoms with E-state index < -0.39 is 0 Å². The minimum atomic E-state index is -0.217. The van der Waals surface area contributed by atoms with Gasteiger partial charge < -0.3 is 49.8 Å². The summed E-state index contributed by atoms with van der Waals surface area (Å²) in [5.74, 6) is 0.343. The minimum absolute atomic E-state index is 0.105. The van der Waals surface area contributed by atoms with Crippen LogP contribution in [-0.2, 0) is 38.1 Å². The molecule has 0 aliphatic carbocycles. The second-order valence-corrected chi connectivity index (χ2v) is 21.3. The Balaban J connectivity index is 2.89. The zero-order valence-electron chi connectivity index (χ0n) is 50.3. The summed E-state index contributed by atoms with van der Waals surface area (Å²) in [7, 11) is 0. The van der Waals surface area contributed by atoms with Crippen molar-refractivity contribution in [1.29, 1.82) is 0 Å². The summed E-state index contributed by atoms with van der Waals surface area (Å²) in [6.07, 6.45) is 36.2. The molecule has 1 aromatic heterocycles. The lowest BCUT2D eigenvalue weighted by Crippen LogP contribution is -2.32. The lowest BCUT2D eigenvalue weighted by Gasteiger charge is -2.22. The molecule has 0 bridgehead atoms. The topological polar surface area (TPSA) is 207 Å². The van der Waals surface area contributed by atoms with E-state index in [0.29, 0.717) is 122 Å². The van der Waals surface area contributed by atoms with Crippen molar-refractivity contribution in [2.75, 3.05) is 108 Å². The third kappa shape index (κ3) is 47.0. The molecule has 0 radical (unpaired) electrons. The molecule has 454 valence electrons. The number of aliphatic hydroxyl groups is 1. The molecule has 0 aromatic carbocycles. The van der Waals surface area contributed by atoms with Crippen LogP contribution in [0, 0.1) is 0 Å². The van der Waals surface area contributed by atoms with Gasteiger partial charge in [-0.3, -0.25) is 19.2 Å². The molecule has 0 saturated carbocycles. The molecule has 17 nitrogen and oxygen atoms in total. The van der Waals surface area contributed by atoms with Crippen LogP contribution in [-0.4, -0.2) is 146 Å². The largest absolute Gasteiger partial charge is 0.466 e. The average molecular weight is 1110 g/mol. The molecular formula is C61H116N8O9. The van der Waals surface area contributed by atoms with Crippen LogP contribution in [0.2, 0.25) is 0 Å². The van der Waals surface area contributed by atoms with Crippen LogP contribution in [0.5, 0.6) is 0 Å². The van der Waals surface area contributed by atoms with Crippen LogP contribution < -0.4 is 16.0 Å². The fourth-order valence-electron chi connectivity index (χ4n) is 8.99. The highest BCUT2D eigenvalue weighted by molar-refractivity contribution is 5.71. The molecule has 0 atom stereocenters. The van der Waals surface area contributed by atoms with Gasteiger partial charge in [-0.25, -0.2) is 0 Å². The van der Waals surface area contributed by atoms with E-state index in [9.17, 15) is 24.3 Å². The van der Waals surface area contributed by atoms with Crippen molar-refractivity contribution in [3.05, 3.63) is 0 Å². The summed E-state index contributed by atoms with van der Waals surface area (Å²) in [5.41, 5.74) is 0. The number of esters is 4. The lowest BCUT2D eigenvalue weighted by atomic mass is 10.1. The van der Waals surface area contributed by atoms with E-state index in [-0.39, 0.29) is 56.2 Å². The second-order valence-electron chi connectivity index (χ2n) is 21.3. The Kier molecular flexibility index (Phi) is 51.0. The summed E-state index contributed by atoms with van der Waals surface area (Å²) in [6.45, 7) is 15.6. The van der Waals surface area contributed by atoms with Crippen LogP contribution in [0.3, 0.4) is 0 Å². The predicted molar refractivity (Wildman–Crippen MR) is 318 cm³/mol. The van der Waals surface area contributed by atoms with E-state index in [1.54, 1.807) is 0 Å². The minimum Gasteiger partial charge on any atom is -0.466 e. The van der Waals surface area contributed by atoms with Crippen molar-refractivity contribution in [2.45, 2.75) is 259 Å². The molecule has 0 aliphatic heterocycles. The third-order valence-electron chi connectivity index (χ3n) is 13.9. The average Bonchev–Trinajstić information content (AvgIpc) is 3.44. The number of hydrogen-bond acceptors (Lipinski definition) is 17. The van der Waals surface area contributed by atoms with Crippen molar-refractivity contribution >= 4 is 41.7 Å². The number of nitrogens with zero attached hydrogens (tertiary/aromatic N) is 5. The molecule has 0 unspecified atom stereocenters. The first-order valence-electron chi connectivity index (χ1n) is 31.9. The van der Waals surface area contributed by atoms with Gasteiger partial charge in [0, 0.05) is 52.4 Å². The molecule has 0 amide bonds. The van der Waals surface area contributed by atoms with Gasteiger partial charge in [0.2, 0.25) is 17.8 Å². The fourth-order valence-corrected chi connectivity index (χ4v) is 8.99. The van der Waals surface area contributed by atoms with Gasteiger partial charge in [0.05, 0.1) is 52.1 Å². The van der Waals surface area contributed by atoms with Crippen LogP contribution in [0.1, 0.15) is 259 Å². The van der Waals surface area contributed by atoms with Gasteiger partial charge in [0.15, 0.2) is 0 Å². The number of aliphatic hydroxyl groups excluding tert-OH is 1. The monoisotopic (exact) mass is 1100 g/mol. The van der Waals surface area contributed by atoms with Gasteiger partial charge in [-0.2, -0.15) is 15.0 Å². The molecule has 0 aliphatic rings. The maximum absolute atomic E-state index is 12.8. The molecular weight excluding hydrogens is 989 g/mol.